The number of hydrogen-bond donors (Lipinski definition) is 0. The quantitative estimate of drug-likeness (QED) is 0.708. The fourth-order valence-electron chi connectivity index (χ4n) is 3.49. The van der Waals surface area contributed by atoms with Crippen LogP contribution in [0, 0.1) is 13.8 Å². The van der Waals surface area contributed by atoms with Crippen molar-refractivity contribution >= 4 is 0 Å². The lowest BCUT2D eigenvalue weighted by Gasteiger charge is -2.21. The summed E-state index contributed by atoms with van der Waals surface area (Å²) in [5.41, 5.74) is 5.94. The first-order valence-electron chi connectivity index (χ1n) is 9.04. The zero-order valence-corrected chi connectivity index (χ0v) is 15.3. The molecule has 0 amide bonds. The molecule has 0 saturated carbocycles. The van der Waals surface area contributed by atoms with Gasteiger partial charge in [0.2, 0.25) is 0 Å². The van der Waals surface area contributed by atoms with Crippen molar-refractivity contribution in [3.8, 4) is 0 Å². The van der Waals surface area contributed by atoms with E-state index in [4.69, 9.17) is 4.74 Å². The van der Waals surface area contributed by atoms with Crippen molar-refractivity contribution in [2.45, 2.75) is 33.2 Å². The fourth-order valence-corrected chi connectivity index (χ4v) is 3.49. The number of benzene rings is 2. The SMILES string of the molecule is Cc1cccc(CN2CCO[C@H]2c2cn(Cc3cccc(C)c3)nn2)c1. The van der Waals surface area contributed by atoms with E-state index in [1.54, 1.807) is 0 Å². The topological polar surface area (TPSA) is 43.2 Å². The molecule has 0 N–H and O–H groups in total. The van der Waals surface area contributed by atoms with Gasteiger partial charge in [-0.1, -0.05) is 64.9 Å². The van der Waals surface area contributed by atoms with Gasteiger partial charge in [0, 0.05) is 13.1 Å². The van der Waals surface area contributed by atoms with Gasteiger partial charge in [-0.25, -0.2) is 4.68 Å². The molecule has 5 nitrogen and oxygen atoms in total. The van der Waals surface area contributed by atoms with Gasteiger partial charge in [0.1, 0.15) is 5.69 Å². The lowest BCUT2D eigenvalue weighted by atomic mass is 10.1. The lowest BCUT2D eigenvalue weighted by Crippen LogP contribution is -2.23. The van der Waals surface area contributed by atoms with Gasteiger partial charge in [-0.2, -0.15) is 0 Å². The molecular weight excluding hydrogens is 324 g/mol. The van der Waals surface area contributed by atoms with E-state index in [-0.39, 0.29) is 6.23 Å². The highest BCUT2D eigenvalue weighted by Crippen LogP contribution is 2.27. The molecule has 0 spiro atoms. The summed E-state index contributed by atoms with van der Waals surface area (Å²) in [4.78, 5) is 2.32. The number of ether oxygens (including phenoxy) is 1. The lowest BCUT2D eigenvalue weighted by molar-refractivity contribution is 0.0252. The molecule has 1 fully saturated rings. The maximum absolute atomic E-state index is 5.95. The van der Waals surface area contributed by atoms with Crippen LogP contribution >= 0.6 is 0 Å². The van der Waals surface area contributed by atoms with Crippen molar-refractivity contribution in [3.05, 3.63) is 82.7 Å². The monoisotopic (exact) mass is 348 g/mol. The van der Waals surface area contributed by atoms with E-state index in [0.29, 0.717) is 0 Å². The van der Waals surface area contributed by atoms with E-state index in [9.17, 15) is 0 Å². The summed E-state index contributed by atoms with van der Waals surface area (Å²) in [5, 5.41) is 8.67. The number of hydrogen-bond acceptors (Lipinski definition) is 4. The molecule has 2 aromatic carbocycles. The van der Waals surface area contributed by atoms with Crippen LogP contribution in [0.2, 0.25) is 0 Å². The first-order valence-corrected chi connectivity index (χ1v) is 9.04. The first kappa shape index (κ1) is 16.9. The average molecular weight is 348 g/mol. The van der Waals surface area contributed by atoms with Gasteiger partial charge < -0.3 is 4.74 Å². The Hall–Kier alpha value is -2.50. The third-order valence-electron chi connectivity index (χ3n) is 4.69. The van der Waals surface area contributed by atoms with Crippen LogP contribution < -0.4 is 0 Å². The Kier molecular flexibility index (Phi) is 4.82. The Morgan fingerprint density at radius 1 is 1.00 bits per heavy atom. The van der Waals surface area contributed by atoms with E-state index >= 15 is 0 Å². The molecule has 0 aliphatic carbocycles. The van der Waals surface area contributed by atoms with Gasteiger partial charge >= 0.3 is 0 Å². The highest BCUT2D eigenvalue weighted by molar-refractivity contribution is 5.23. The zero-order valence-electron chi connectivity index (χ0n) is 15.3. The third-order valence-corrected chi connectivity index (χ3v) is 4.69. The van der Waals surface area contributed by atoms with Crippen molar-refractivity contribution in [2.75, 3.05) is 13.2 Å². The number of aromatic nitrogens is 3. The van der Waals surface area contributed by atoms with Crippen LogP contribution in [-0.2, 0) is 17.8 Å². The first-order chi connectivity index (χ1) is 12.7. The highest BCUT2D eigenvalue weighted by atomic mass is 16.5. The Morgan fingerprint density at radius 2 is 1.69 bits per heavy atom. The molecule has 3 aromatic rings. The molecule has 0 unspecified atom stereocenters. The van der Waals surface area contributed by atoms with Crippen molar-refractivity contribution in [1.82, 2.24) is 19.9 Å². The second-order valence-corrected chi connectivity index (χ2v) is 7.01. The predicted molar refractivity (Wildman–Crippen MR) is 101 cm³/mol. The maximum atomic E-state index is 5.95. The van der Waals surface area contributed by atoms with E-state index < -0.39 is 0 Å². The van der Waals surface area contributed by atoms with E-state index in [2.05, 4.69) is 77.6 Å². The molecule has 0 radical (unpaired) electrons. The second kappa shape index (κ2) is 7.40. The van der Waals surface area contributed by atoms with Gasteiger partial charge in [-0.3, -0.25) is 4.90 Å². The van der Waals surface area contributed by atoms with Crippen molar-refractivity contribution in [1.29, 1.82) is 0 Å². The summed E-state index contributed by atoms with van der Waals surface area (Å²) in [7, 11) is 0. The van der Waals surface area contributed by atoms with Crippen molar-refractivity contribution in [3.63, 3.8) is 0 Å². The zero-order chi connectivity index (χ0) is 17.9. The van der Waals surface area contributed by atoms with Gasteiger partial charge in [0.25, 0.3) is 0 Å². The van der Waals surface area contributed by atoms with Gasteiger partial charge in [0.05, 0.1) is 19.3 Å². The van der Waals surface area contributed by atoms with Crippen LogP contribution in [-0.4, -0.2) is 33.0 Å². The molecule has 0 bridgehead atoms. The molecular formula is C21H24N4O. The number of rotatable bonds is 5. The van der Waals surface area contributed by atoms with Gasteiger partial charge in [-0.15, -0.1) is 5.10 Å². The van der Waals surface area contributed by atoms with Crippen molar-refractivity contribution in [2.24, 2.45) is 0 Å². The maximum Gasteiger partial charge on any atom is 0.157 e. The summed E-state index contributed by atoms with van der Waals surface area (Å²) in [6.07, 6.45) is 1.88. The van der Waals surface area contributed by atoms with E-state index in [0.717, 1.165) is 31.9 Å². The summed E-state index contributed by atoms with van der Waals surface area (Å²) < 4.78 is 7.83. The molecule has 134 valence electrons. The van der Waals surface area contributed by atoms with E-state index in [1.807, 2.05) is 10.9 Å². The Bertz CT molecular complexity index is 889. The summed E-state index contributed by atoms with van der Waals surface area (Å²) in [5.74, 6) is 0. The molecule has 1 saturated heterocycles. The minimum Gasteiger partial charge on any atom is -0.356 e. The Balaban J connectivity index is 1.47. The minimum atomic E-state index is -0.123. The molecule has 1 aromatic heterocycles. The highest BCUT2D eigenvalue weighted by Gasteiger charge is 2.29. The van der Waals surface area contributed by atoms with Crippen LogP contribution in [0.1, 0.15) is 34.2 Å². The Morgan fingerprint density at radius 3 is 2.38 bits per heavy atom. The minimum absolute atomic E-state index is 0.123. The van der Waals surface area contributed by atoms with Crippen LogP contribution in [0.5, 0.6) is 0 Å². The van der Waals surface area contributed by atoms with Crippen LogP contribution in [0.3, 0.4) is 0 Å². The van der Waals surface area contributed by atoms with Crippen LogP contribution in [0.15, 0.2) is 54.7 Å². The average Bonchev–Trinajstić information content (AvgIpc) is 3.24. The predicted octanol–water partition coefficient (Wildman–Crippen LogP) is 3.47. The smallest absolute Gasteiger partial charge is 0.157 e. The molecule has 26 heavy (non-hydrogen) atoms. The third kappa shape index (κ3) is 3.84. The van der Waals surface area contributed by atoms with Crippen LogP contribution in [0.25, 0.3) is 0 Å². The number of aryl methyl sites for hydroxylation is 2. The van der Waals surface area contributed by atoms with Crippen molar-refractivity contribution < 1.29 is 4.74 Å². The van der Waals surface area contributed by atoms with E-state index in [1.165, 1.54) is 22.3 Å². The molecule has 4 rings (SSSR count). The largest absolute Gasteiger partial charge is 0.356 e. The standard InChI is InChI=1S/C21H24N4O/c1-16-5-3-7-18(11-16)13-24-9-10-26-21(24)20-15-25(23-22-20)14-19-8-4-6-17(2)12-19/h3-8,11-12,15,21H,9-10,13-14H2,1-2H3/t21-/m0/s1. The number of nitrogens with zero attached hydrogens (tertiary/aromatic N) is 4. The Labute approximate surface area is 154 Å². The summed E-state index contributed by atoms with van der Waals surface area (Å²) in [6.45, 7) is 7.44. The molecule has 1 aliphatic rings. The van der Waals surface area contributed by atoms with Gasteiger partial charge in [0.15, 0.2) is 6.23 Å². The van der Waals surface area contributed by atoms with Gasteiger partial charge in [-0.05, 0) is 25.0 Å². The van der Waals surface area contributed by atoms with Crippen LogP contribution in [0.4, 0.5) is 0 Å². The molecule has 2 heterocycles. The molecule has 5 heteroatoms. The molecule has 1 aliphatic heterocycles. The fraction of sp³-hybridized carbons (Fsp3) is 0.333. The second-order valence-electron chi connectivity index (χ2n) is 7.01. The normalized spacial score (nSPS) is 17.7. The summed E-state index contributed by atoms with van der Waals surface area (Å²) in [6, 6.07) is 17.1. The molecule has 1 atom stereocenters. The summed E-state index contributed by atoms with van der Waals surface area (Å²) >= 11 is 0.